The molecule has 2 N–H and O–H groups in total. The van der Waals surface area contributed by atoms with Crippen molar-refractivity contribution in [1.29, 1.82) is 0 Å². The fraction of sp³-hybridized carbons (Fsp3) is 0.333. The van der Waals surface area contributed by atoms with Gasteiger partial charge in [-0.05, 0) is 35.1 Å². The lowest BCUT2D eigenvalue weighted by Crippen LogP contribution is -2.27. The Hall–Kier alpha value is -2.62. The zero-order chi connectivity index (χ0) is 18.1. The molecule has 1 amide bonds. The van der Waals surface area contributed by atoms with Crippen LogP contribution in [0.3, 0.4) is 0 Å². The first-order valence-electron chi connectivity index (χ1n) is 8.75. The molecule has 0 aliphatic heterocycles. The summed E-state index contributed by atoms with van der Waals surface area (Å²) in [7, 11) is 0. The summed E-state index contributed by atoms with van der Waals surface area (Å²) in [6.45, 7) is 2.36. The molecule has 4 nitrogen and oxygen atoms in total. The van der Waals surface area contributed by atoms with E-state index in [0.717, 1.165) is 23.1 Å². The van der Waals surface area contributed by atoms with Gasteiger partial charge in [0.25, 0.3) is 0 Å². The van der Waals surface area contributed by atoms with Gasteiger partial charge in [-0.2, -0.15) is 0 Å². The number of aliphatic carboxylic acids is 1. The molecule has 0 spiro atoms. The number of aryl methyl sites for hydroxylation is 1. The summed E-state index contributed by atoms with van der Waals surface area (Å²) in [4.78, 5) is 22.2. The van der Waals surface area contributed by atoms with Gasteiger partial charge in [0.15, 0.2) is 0 Å². The number of unbranched alkanes of at least 4 members (excludes halogenated alkanes) is 1. The van der Waals surface area contributed by atoms with E-state index in [1.54, 1.807) is 0 Å². The summed E-state index contributed by atoms with van der Waals surface area (Å²) in [5.74, 6) is -1.07. The minimum Gasteiger partial charge on any atom is -0.481 e. The minimum absolute atomic E-state index is 0.0566. The van der Waals surface area contributed by atoms with E-state index in [-0.39, 0.29) is 25.3 Å². The Morgan fingerprint density at radius 2 is 1.48 bits per heavy atom. The maximum Gasteiger partial charge on any atom is 0.305 e. The van der Waals surface area contributed by atoms with Crippen molar-refractivity contribution < 1.29 is 14.7 Å². The molecule has 4 heteroatoms. The number of carbonyl (C=O) groups is 2. The molecule has 0 unspecified atom stereocenters. The van der Waals surface area contributed by atoms with Crippen molar-refractivity contribution >= 4 is 11.9 Å². The monoisotopic (exact) mass is 339 g/mol. The first-order valence-corrected chi connectivity index (χ1v) is 8.75. The summed E-state index contributed by atoms with van der Waals surface area (Å²) in [5, 5.41) is 11.2. The smallest absolute Gasteiger partial charge is 0.305 e. The third kappa shape index (κ3) is 6.42. The maximum atomic E-state index is 11.8. The molecular formula is C21H25NO3. The van der Waals surface area contributed by atoms with Crippen molar-refractivity contribution in [2.45, 2.75) is 39.0 Å². The van der Waals surface area contributed by atoms with Crippen LogP contribution in [-0.4, -0.2) is 23.5 Å². The lowest BCUT2D eigenvalue weighted by atomic mass is 10.00. The van der Waals surface area contributed by atoms with Crippen LogP contribution >= 0.6 is 0 Å². The standard InChI is InChI=1S/C21H25NO3/c1-2-3-4-16-5-9-18(10-6-16)19-11-7-17(8-12-19)15-20(23)22-14-13-21(24)25/h5-12H,2-4,13-15H2,1H3,(H,22,23)(H,24,25). The Bertz CT molecular complexity index is 690. The summed E-state index contributed by atoms with van der Waals surface area (Å²) in [5.41, 5.74) is 4.56. The van der Waals surface area contributed by atoms with Crippen molar-refractivity contribution in [3.05, 3.63) is 59.7 Å². The fourth-order valence-corrected chi connectivity index (χ4v) is 2.62. The van der Waals surface area contributed by atoms with Gasteiger partial charge in [0, 0.05) is 6.54 Å². The predicted molar refractivity (Wildman–Crippen MR) is 99.5 cm³/mol. The number of hydrogen-bond donors (Lipinski definition) is 2. The molecular weight excluding hydrogens is 314 g/mol. The van der Waals surface area contributed by atoms with Crippen LogP contribution in [-0.2, 0) is 22.4 Å². The molecule has 2 rings (SSSR count). The van der Waals surface area contributed by atoms with Crippen molar-refractivity contribution in [2.24, 2.45) is 0 Å². The number of carboxylic acid groups (broad SMARTS) is 1. The lowest BCUT2D eigenvalue weighted by molar-refractivity contribution is -0.136. The van der Waals surface area contributed by atoms with E-state index in [0.29, 0.717) is 0 Å². The highest BCUT2D eigenvalue weighted by Crippen LogP contribution is 2.21. The molecule has 0 saturated carbocycles. The molecule has 0 atom stereocenters. The second-order valence-electron chi connectivity index (χ2n) is 6.17. The van der Waals surface area contributed by atoms with Gasteiger partial charge < -0.3 is 10.4 Å². The van der Waals surface area contributed by atoms with Crippen LogP contribution in [0.2, 0.25) is 0 Å². The van der Waals surface area contributed by atoms with Gasteiger partial charge in [-0.25, -0.2) is 0 Å². The Labute approximate surface area is 148 Å². The van der Waals surface area contributed by atoms with Crippen LogP contribution in [0, 0.1) is 0 Å². The van der Waals surface area contributed by atoms with Crippen molar-refractivity contribution in [2.75, 3.05) is 6.54 Å². The molecule has 0 heterocycles. The van der Waals surface area contributed by atoms with E-state index in [1.165, 1.54) is 18.4 Å². The SMILES string of the molecule is CCCCc1ccc(-c2ccc(CC(=O)NCCC(=O)O)cc2)cc1. The Morgan fingerprint density at radius 3 is 2.00 bits per heavy atom. The molecule has 0 fully saturated rings. The summed E-state index contributed by atoms with van der Waals surface area (Å²) in [6.07, 6.45) is 3.73. The van der Waals surface area contributed by atoms with E-state index in [9.17, 15) is 9.59 Å². The summed E-state index contributed by atoms with van der Waals surface area (Å²) in [6, 6.07) is 16.5. The highest BCUT2D eigenvalue weighted by atomic mass is 16.4. The van der Waals surface area contributed by atoms with Crippen LogP contribution < -0.4 is 5.32 Å². The number of rotatable bonds is 9. The van der Waals surface area contributed by atoms with Crippen molar-refractivity contribution in [3.63, 3.8) is 0 Å². The molecule has 0 aliphatic rings. The van der Waals surface area contributed by atoms with Crippen LogP contribution in [0.1, 0.15) is 37.3 Å². The average molecular weight is 339 g/mol. The molecule has 0 radical (unpaired) electrons. The number of nitrogens with one attached hydrogen (secondary N) is 1. The van der Waals surface area contributed by atoms with Gasteiger partial charge in [0.1, 0.15) is 0 Å². The zero-order valence-electron chi connectivity index (χ0n) is 14.6. The number of hydrogen-bond acceptors (Lipinski definition) is 2. The van der Waals surface area contributed by atoms with E-state index in [2.05, 4.69) is 36.5 Å². The first-order chi connectivity index (χ1) is 12.1. The predicted octanol–water partition coefficient (Wildman–Crippen LogP) is 3.83. The highest BCUT2D eigenvalue weighted by molar-refractivity contribution is 5.79. The molecule has 0 aromatic heterocycles. The molecule has 25 heavy (non-hydrogen) atoms. The topological polar surface area (TPSA) is 66.4 Å². The molecule has 2 aromatic carbocycles. The van der Waals surface area contributed by atoms with E-state index < -0.39 is 5.97 Å². The van der Waals surface area contributed by atoms with Gasteiger partial charge in [0.05, 0.1) is 12.8 Å². The third-order valence-electron chi connectivity index (χ3n) is 4.09. The van der Waals surface area contributed by atoms with E-state index >= 15 is 0 Å². The van der Waals surface area contributed by atoms with Crippen LogP contribution in [0.25, 0.3) is 11.1 Å². The normalized spacial score (nSPS) is 10.4. The van der Waals surface area contributed by atoms with Gasteiger partial charge in [-0.15, -0.1) is 0 Å². The van der Waals surface area contributed by atoms with Crippen LogP contribution in [0.4, 0.5) is 0 Å². The largest absolute Gasteiger partial charge is 0.481 e. The Morgan fingerprint density at radius 1 is 0.920 bits per heavy atom. The fourth-order valence-electron chi connectivity index (χ4n) is 2.62. The van der Waals surface area contributed by atoms with Crippen molar-refractivity contribution in [1.82, 2.24) is 5.32 Å². The lowest BCUT2D eigenvalue weighted by Gasteiger charge is -2.07. The summed E-state index contributed by atoms with van der Waals surface area (Å²) >= 11 is 0. The third-order valence-corrected chi connectivity index (χ3v) is 4.09. The molecule has 0 aliphatic carbocycles. The molecule has 2 aromatic rings. The first kappa shape index (κ1) is 18.7. The van der Waals surface area contributed by atoms with Crippen molar-refractivity contribution in [3.8, 4) is 11.1 Å². The molecule has 0 saturated heterocycles. The Balaban J connectivity index is 1.90. The quantitative estimate of drug-likeness (QED) is 0.730. The average Bonchev–Trinajstić information content (AvgIpc) is 2.61. The zero-order valence-corrected chi connectivity index (χ0v) is 14.6. The second-order valence-corrected chi connectivity index (χ2v) is 6.17. The number of amides is 1. The second kappa shape index (κ2) is 9.62. The van der Waals surface area contributed by atoms with Crippen LogP contribution in [0.5, 0.6) is 0 Å². The number of carbonyl (C=O) groups excluding carboxylic acids is 1. The van der Waals surface area contributed by atoms with Gasteiger partial charge in [-0.1, -0.05) is 61.9 Å². The van der Waals surface area contributed by atoms with Gasteiger partial charge >= 0.3 is 5.97 Å². The number of benzene rings is 2. The Kier molecular flexibility index (Phi) is 7.20. The van der Waals surface area contributed by atoms with E-state index in [4.69, 9.17) is 5.11 Å². The van der Waals surface area contributed by atoms with Crippen LogP contribution in [0.15, 0.2) is 48.5 Å². The molecule has 0 bridgehead atoms. The van der Waals surface area contributed by atoms with Gasteiger partial charge in [-0.3, -0.25) is 9.59 Å². The molecule has 132 valence electrons. The van der Waals surface area contributed by atoms with Gasteiger partial charge in [0.2, 0.25) is 5.91 Å². The summed E-state index contributed by atoms with van der Waals surface area (Å²) < 4.78 is 0. The minimum atomic E-state index is -0.912. The van der Waals surface area contributed by atoms with E-state index in [1.807, 2.05) is 24.3 Å². The highest BCUT2D eigenvalue weighted by Gasteiger charge is 2.05. The maximum absolute atomic E-state index is 11.8. The number of carboxylic acids is 1.